The monoisotopic (exact) mass is 237 g/mol. The first-order chi connectivity index (χ1) is 6.88. The van der Waals surface area contributed by atoms with Crippen LogP contribution in [-0.4, -0.2) is 46.0 Å². The van der Waals surface area contributed by atoms with Crippen molar-refractivity contribution < 1.29 is 29.3 Å². The zero-order chi connectivity index (χ0) is 12.0. The maximum Gasteiger partial charge on any atom is 0.345 e. The first-order valence-corrected chi connectivity index (χ1v) is 4.53. The third-order valence-electron chi connectivity index (χ3n) is 1.39. The Morgan fingerprint density at radius 2 is 1.87 bits per heavy atom. The molecule has 0 bridgehead atoms. The van der Waals surface area contributed by atoms with Gasteiger partial charge in [0, 0.05) is 5.75 Å². The molecular formula is C7H11NO6S. The summed E-state index contributed by atoms with van der Waals surface area (Å²) in [4.78, 5) is 31.7. The third-order valence-corrected chi connectivity index (χ3v) is 1.79. The molecule has 7 nitrogen and oxygen atoms in total. The van der Waals surface area contributed by atoms with Crippen molar-refractivity contribution >= 4 is 30.5 Å². The minimum atomic E-state index is -1.72. The number of carbonyl (C=O) groups is 3. The number of carboxylic acids is 2. The average Bonchev–Trinajstić information content (AvgIpc) is 2.14. The zero-order valence-corrected chi connectivity index (χ0v) is 8.52. The predicted molar refractivity (Wildman–Crippen MR) is 51.6 cm³/mol. The van der Waals surface area contributed by atoms with Crippen molar-refractivity contribution in [2.75, 3.05) is 5.75 Å². The first-order valence-electron chi connectivity index (χ1n) is 3.90. The van der Waals surface area contributed by atoms with Gasteiger partial charge in [-0.05, 0) is 0 Å². The van der Waals surface area contributed by atoms with Crippen molar-refractivity contribution in [1.82, 2.24) is 0 Å². The van der Waals surface area contributed by atoms with Gasteiger partial charge < -0.3 is 20.7 Å². The highest BCUT2D eigenvalue weighted by molar-refractivity contribution is 7.80. The topological polar surface area (TPSA) is 127 Å². The van der Waals surface area contributed by atoms with E-state index in [2.05, 4.69) is 17.4 Å². The number of thiol groups is 1. The molecule has 0 saturated heterocycles. The van der Waals surface area contributed by atoms with Gasteiger partial charge in [0.1, 0.15) is 6.04 Å². The molecule has 0 aromatic carbocycles. The highest BCUT2D eigenvalue weighted by atomic mass is 32.1. The van der Waals surface area contributed by atoms with Gasteiger partial charge in [0.25, 0.3) is 0 Å². The molecule has 1 unspecified atom stereocenters. The molecule has 0 fully saturated rings. The summed E-state index contributed by atoms with van der Waals surface area (Å²) in [6, 6.07) is -1.07. The Morgan fingerprint density at radius 1 is 1.33 bits per heavy atom. The Bertz CT molecular complexity index is 268. The number of nitrogens with two attached hydrogens (primary N) is 1. The van der Waals surface area contributed by atoms with Crippen molar-refractivity contribution in [2.45, 2.75) is 18.6 Å². The van der Waals surface area contributed by atoms with E-state index in [-0.39, 0.29) is 5.75 Å². The Labute approximate surface area is 90.6 Å². The van der Waals surface area contributed by atoms with E-state index >= 15 is 0 Å². The second kappa shape index (κ2) is 6.25. The Morgan fingerprint density at radius 3 is 2.20 bits per heavy atom. The predicted octanol–water partition coefficient (Wildman–Crippen LogP) is -1.29. The Kier molecular flexibility index (Phi) is 5.72. The van der Waals surface area contributed by atoms with Crippen LogP contribution in [0.15, 0.2) is 0 Å². The fourth-order valence-electron chi connectivity index (χ4n) is 0.640. The number of hydrogen-bond donors (Lipinski definition) is 4. The average molecular weight is 237 g/mol. The minimum absolute atomic E-state index is 0.0156. The van der Waals surface area contributed by atoms with E-state index in [0.29, 0.717) is 0 Å². The normalized spacial score (nSPS) is 14.0. The van der Waals surface area contributed by atoms with Gasteiger partial charge in [-0.2, -0.15) is 12.6 Å². The molecule has 0 aromatic heterocycles. The largest absolute Gasteiger partial charge is 0.481 e. The summed E-state index contributed by atoms with van der Waals surface area (Å²) < 4.78 is 4.38. The smallest absolute Gasteiger partial charge is 0.345 e. The molecule has 0 aliphatic heterocycles. The lowest BCUT2D eigenvalue weighted by atomic mass is 10.2. The maximum absolute atomic E-state index is 11.0. The van der Waals surface area contributed by atoms with Crippen LogP contribution in [0.3, 0.4) is 0 Å². The molecule has 0 aliphatic carbocycles. The molecule has 0 aliphatic rings. The van der Waals surface area contributed by atoms with Gasteiger partial charge in [-0.3, -0.25) is 9.59 Å². The number of esters is 1. The van der Waals surface area contributed by atoms with Crippen molar-refractivity contribution in [1.29, 1.82) is 0 Å². The third kappa shape index (κ3) is 5.23. The molecule has 0 rings (SSSR count). The Hall–Kier alpha value is -1.28. The molecule has 0 saturated carbocycles. The van der Waals surface area contributed by atoms with Crippen LogP contribution in [0.2, 0.25) is 0 Å². The lowest BCUT2D eigenvalue weighted by molar-refractivity contribution is -0.167. The minimum Gasteiger partial charge on any atom is -0.481 e. The number of ether oxygens (including phenoxy) is 1. The van der Waals surface area contributed by atoms with Crippen LogP contribution >= 0.6 is 12.6 Å². The highest BCUT2D eigenvalue weighted by Crippen LogP contribution is 2.02. The molecular weight excluding hydrogens is 226 g/mol. The van der Waals surface area contributed by atoms with Gasteiger partial charge in [0.2, 0.25) is 6.10 Å². The van der Waals surface area contributed by atoms with Gasteiger partial charge in [-0.1, -0.05) is 0 Å². The summed E-state index contributed by atoms with van der Waals surface area (Å²) in [5.74, 6) is -3.91. The quantitative estimate of drug-likeness (QED) is 0.334. The molecule has 8 heteroatoms. The highest BCUT2D eigenvalue weighted by Gasteiger charge is 2.27. The maximum atomic E-state index is 11.0. The van der Waals surface area contributed by atoms with E-state index in [1.165, 1.54) is 0 Å². The summed E-state index contributed by atoms with van der Waals surface area (Å²) >= 11 is 3.71. The van der Waals surface area contributed by atoms with Crippen LogP contribution in [0, 0.1) is 0 Å². The van der Waals surface area contributed by atoms with Crippen molar-refractivity contribution in [3.63, 3.8) is 0 Å². The molecule has 4 N–H and O–H groups in total. The number of aliphatic carboxylic acids is 2. The van der Waals surface area contributed by atoms with Crippen molar-refractivity contribution in [3.8, 4) is 0 Å². The van der Waals surface area contributed by atoms with Crippen molar-refractivity contribution in [2.24, 2.45) is 5.73 Å². The molecule has 0 amide bonds. The lowest BCUT2D eigenvalue weighted by Gasteiger charge is -2.14. The van der Waals surface area contributed by atoms with E-state index in [1.54, 1.807) is 0 Å². The van der Waals surface area contributed by atoms with Gasteiger partial charge in [0.15, 0.2) is 0 Å². The van der Waals surface area contributed by atoms with Gasteiger partial charge >= 0.3 is 17.9 Å². The summed E-state index contributed by atoms with van der Waals surface area (Å²) in [6.45, 7) is 0. The van der Waals surface area contributed by atoms with E-state index in [9.17, 15) is 14.4 Å². The van der Waals surface area contributed by atoms with E-state index in [1.807, 2.05) is 0 Å². The lowest BCUT2D eigenvalue weighted by Crippen LogP contribution is -2.39. The molecule has 0 spiro atoms. The number of carboxylic acid groups (broad SMARTS) is 2. The SMILES string of the molecule is N[C@@H](CS)C(=O)OC(CC(=O)O)C(=O)O. The molecule has 2 atom stereocenters. The number of carbonyl (C=O) groups excluding carboxylic acids is 1. The second-order valence-corrected chi connectivity index (χ2v) is 3.02. The molecule has 0 aromatic rings. The van der Waals surface area contributed by atoms with Crippen LogP contribution in [0.4, 0.5) is 0 Å². The van der Waals surface area contributed by atoms with E-state index in [0.717, 1.165) is 0 Å². The summed E-state index contributed by atoms with van der Waals surface area (Å²) in [7, 11) is 0. The van der Waals surface area contributed by atoms with E-state index in [4.69, 9.17) is 15.9 Å². The molecule has 0 radical (unpaired) electrons. The molecule has 0 heterocycles. The second-order valence-electron chi connectivity index (χ2n) is 2.65. The van der Waals surface area contributed by atoms with E-state index < -0.39 is 36.5 Å². The fourth-order valence-corrected chi connectivity index (χ4v) is 0.789. The number of hydrogen-bond acceptors (Lipinski definition) is 6. The van der Waals surface area contributed by atoms with Crippen molar-refractivity contribution in [3.05, 3.63) is 0 Å². The van der Waals surface area contributed by atoms with Crippen LogP contribution in [-0.2, 0) is 19.1 Å². The van der Waals surface area contributed by atoms with Gasteiger partial charge in [-0.15, -0.1) is 0 Å². The zero-order valence-electron chi connectivity index (χ0n) is 7.62. The van der Waals surface area contributed by atoms with Gasteiger partial charge in [0.05, 0.1) is 6.42 Å². The molecule has 86 valence electrons. The van der Waals surface area contributed by atoms with Crippen LogP contribution < -0.4 is 5.73 Å². The Balaban J connectivity index is 4.35. The summed E-state index contributed by atoms with van der Waals surface area (Å²) in [6.07, 6.45) is -2.53. The number of rotatable bonds is 6. The van der Waals surface area contributed by atoms with Crippen LogP contribution in [0.5, 0.6) is 0 Å². The fraction of sp³-hybridized carbons (Fsp3) is 0.571. The van der Waals surface area contributed by atoms with Gasteiger partial charge in [-0.25, -0.2) is 4.79 Å². The first kappa shape index (κ1) is 13.7. The summed E-state index contributed by atoms with van der Waals surface area (Å²) in [5, 5.41) is 16.9. The summed E-state index contributed by atoms with van der Waals surface area (Å²) in [5.41, 5.74) is 5.20. The van der Waals surface area contributed by atoms with Crippen LogP contribution in [0.25, 0.3) is 0 Å². The standard InChI is InChI=1S/C7H11NO6S/c8-3(2-15)7(13)14-4(6(11)12)1-5(9)10/h3-4,15H,1-2,8H2,(H,9,10)(H,11,12)/t3-,4?/m0/s1. The molecule has 15 heavy (non-hydrogen) atoms. The van der Waals surface area contributed by atoms with Crippen LogP contribution in [0.1, 0.15) is 6.42 Å².